The highest BCUT2D eigenvalue weighted by Crippen LogP contribution is 2.27. The Bertz CT molecular complexity index is 919. The molecule has 0 unspecified atom stereocenters. The first-order chi connectivity index (χ1) is 11.8. The number of nitrogens with zero attached hydrogens (tertiary/aromatic N) is 5. The van der Waals surface area contributed by atoms with Gasteiger partial charge in [0.25, 0.3) is 0 Å². The minimum atomic E-state index is 0.827. The molecule has 0 fully saturated rings. The number of aryl methyl sites for hydroxylation is 3. The van der Waals surface area contributed by atoms with Crippen molar-refractivity contribution in [1.82, 2.24) is 24.3 Å². The quantitative estimate of drug-likeness (QED) is 0.559. The molecule has 4 rings (SSSR count). The first kappa shape index (κ1) is 14.8. The summed E-state index contributed by atoms with van der Waals surface area (Å²) in [5.41, 5.74) is 2.37. The summed E-state index contributed by atoms with van der Waals surface area (Å²) in [6.07, 6.45) is 6.28. The molecule has 4 aromatic rings. The molecule has 1 aromatic carbocycles. The van der Waals surface area contributed by atoms with E-state index in [1.54, 1.807) is 17.7 Å². The second-order valence-corrected chi connectivity index (χ2v) is 6.50. The van der Waals surface area contributed by atoms with Crippen LogP contribution in [0.4, 0.5) is 0 Å². The molecule has 0 saturated carbocycles. The highest BCUT2D eigenvalue weighted by atomic mass is 32.1. The average Bonchev–Trinajstić information content (AvgIpc) is 3.35. The zero-order valence-electron chi connectivity index (χ0n) is 13.3. The van der Waals surface area contributed by atoms with E-state index in [4.69, 9.17) is 0 Å². The Balaban J connectivity index is 1.54. The number of thiophene rings is 1. The van der Waals surface area contributed by atoms with E-state index in [-0.39, 0.29) is 0 Å². The third-order valence-electron chi connectivity index (χ3n) is 4.05. The molecule has 3 heterocycles. The summed E-state index contributed by atoms with van der Waals surface area (Å²) in [6.45, 7) is 0.828. The van der Waals surface area contributed by atoms with Crippen LogP contribution in [0.15, 0.2) is 60.5 Å². The van der Waals surface area contributed by atoms with E-state index in [0.29, 0.717) is 0 Å². The van der Waals surface area contributed by atoms with Crippen molar-refractivity contribution in [3.05, 3.63) is 66.3 Å². The van der Waals surface area contributed by atoms with Crippen molar-refractivity contribution in [3.8, 4) is 21.8 Å². The zero-order valence-corrected chi connectivity index (χ0v) is 14.1. The van der Waals surface area contributed by atoms with Gasteiger partial charge in [-0.2, -0.15) is 5.10 Å². The van der Waals surface area contributed by atoms with Crippen LogP contribution in [0.5, 0.6) is 0 Å². The van der Waals surface area contributed by atoms with Crippen LogP contribution < -0.4 is 0 Å². The standard InChI is InChI=1S/C18H17N5S/c1-22-17(20-13-21-22)8-10-23-11-9-19-18(23)15-6-4-14(5-7-15)16-3-2-12-24-16/h2-7,9,11-13H,8,10H2,1H3. The maximum Gasteiger partial charge on any atom is 0.139 e. The van der Waals surface area contributed by atoms with Gasteiger partial charge in [0, 0.05) is 42.8 Å². The summed E-state index contributed by atoms with van der Waals surface area (Å²) in [6, 6.07) is 12.8. The molecule has 0 N–H and O–H groups in total. The summed E-state index contributed by atoms with van der Waals surface area (Å²) in [4.78, 5) is 10.1. The highest BCUT2D eigenvalue weighted by molar-refractivity contribution is 7.13. The molecule has 0 atom stereocenters. The number of rotatable bonds is 5. The lowest BCUT2D eigenvalue weighted by atomic mass is 10.1. The van der Waals surface area contributed by atoms with Gasteiger partial charge in [-0.15, -0.1) is 11.3 Å². The van der Waals surface area contributed by atoms with Gasteiger partial charge in [-0.25, -0.2) is 9.97 Å². The van der Waals surface area contributed by atoms with Gasteiger partial charge in [0.15, 0.2) is 0 Å². The highest BCUT2D eigenvalue weighted by Gasteiger charge is 2.08. The van der Waals surface area contributed by atoms with Crippen LogP contribution in [-0.4, -0.2) is 24.3 Å². The second-order valence-electron chi connectivity index (χ2n) is 5.55. The summed E-state index contributed by atoms with van der Waals surface area (Å²) in [7, 11) is 1.92. The molecule has 0 spiro atoms. The Labute approximate surface area is 144 Å². The zero-order chi connectivity index (χ0) is 16.4. The molecular weight excluding hydrogens is 318 g/mol. The lowest BCUT2D eigenvalue weighted by Crippen LogP contribution is -2.07. The minimum Gasteiger partial charge on any atom is -0.331 e. The fourth-order valence-corrected chi connectivity index (χ4v) is 3.48. The molecule has 6 heteroatoms. The summed E-state index contributed by atoms with van der Waals surface area (Å²) in [5, 5.41) is 6.21. The minimum absolute atomic E-state index is 0.827. The number of imidazole rings is 1. The van der Waals surface area contributed by atoms with E-state index in [0.717, 1.165) is 30.2 Å². The smallest absolute Gasteiger partial charge is 0.139 e. The number of aromatic nitrogens is 5. The number of hydrogen-bond donors (Lipinski definition) is 0. The molecular formula is C18H17N5S. The predicted molar refractivity (Wildman–Crippen MR) is 95.7 cm³/mol. The van der Waals surface area contributed by atoms with E-state index in [9.17, 15) is 0 Å². The lowest BCUT2D eigenvalue weighted by molar-refractivity contribution is 0.629. The second kappa shape index (κ2) is 6.41. The van der Waals surface area contributed by atoms with Crippen molar-refractivity contribution in [2.24, 2.45) is 7.05 Å². The van der Waals surface area contributed by atoms with E-state index >= 15 is 0 Å². The van der Waals surface area contributed by atoms with Crippen molar-refractivity contribution in [1.29, 1.82) is 0 Å². The first-order valence-electron chi connectivity index (χ1n) is 7.79. The van der Waals surface area contributed by atoms with Crippen LogP contribution in [0.2, 0.25) is 0 Å². The van der Waals surface area contributed by atoms with Gasteiger partial charge < -0.3 is 4.57 Å². The van der Waals surface area contributed by atoms with Crippen LogP contribution >= 0.6 is 11.3 Å². The Kier molecular flexibility index (Phi) is 3.96. The monoisotopic (exact) mass is 335 g/mol. The normalized spacial score (nSPS) is 11.0. The molecule has 3 aromatic heterocycles. The van der Waals surface area contributed by atoms with Gasteiger partial charge in [0.2, 0.25) is 0 Å². The molecule has 0 aliphatic heterocycles. The topological polar surface area (TPSA) is 48.5 Å². The number of hydrogen-bond acceptors (Lipinski definition) is 4. The van der Waals surface area contributed by atoms with Crippen molar-refractivity contribution in [2.75, 3.05) is 0 Å². The predicted octanol–water partition coefficient (Wildman–Crippen LogP) is 3.65. The van der Waals surface area contributed by atoms with Crippen LogP contribution in [0, 0.1) is 0 Å². The van der Waals surface area contributed by atoms with Gasteiger partial charge in [-0.1, -0.05) is 30.3 Å². The van der Waals surface area contributed by atoms with E-state index in [1.807, 2.05) is 24.1 Å². The van der Waals surface area contributed by atoms with Crippen molar-refractivity contribution in [3.63, 3.8) is 0 Å². The Morgan fingerprint density at radius 1 is 1.04 bits per heavy atom. The van der Waals surface area contributed by atoms with Crippen LogP contribution in [0.3, 0.4) is 0 Å². The van der Waals surface area contributed by atoms with E-state index in [1.165, 1.54) is 10.4 Å². The molecule has 0 saturated heterocycles. The molecule has 0 amide bonds. The Morgan fingerprint density at radius 3 is 2.58 bits per heavy atom. The van der Waals surface area contributed by atoms with Crippen LogP contribution in [-0.2, 0) is 20.0 Å². The third-order valence-corrected chi connectivity index (χ3v) is 4.96. The number of benzene rings is 1. The van der Waals surface area contributed by atoms with Crippen molar-refractivity contribution in [2.45, 2.75) is 13.0 Å². The van der Waals surface area contributed by atoms with Gasteiger partial charge in [-0.3, -0.25) is 4.68 Å². The Morgan fingerprint density at radius 2 is 1.88 bits per heavy atom. The van der Waals surface area contributed by atoms with Gasteiger partial charge >= 0.3 is 0 Å². The lowest BCUT2D eigenvalue weighted by Gasteiger charge is -2.08. The molecule has 0 bridgehead atoms. The molecule has 24 heavy (non-hydrogen) atoms. The average molecular weight is 335 g/mol. The third kappa shape index (κ3) is 2.88. The van der Waals surface area contributed by atoms with Crippen LogP contribution in [0.1, 0.15) is 5.82 Å². The maximum absolute atomic E-state index is 4.52. The van der Waals surface area contributed by atoms with Gasteiger partial charge in [0.05, 0.1) is 0 Å². The van der Waals surface area contributed by atoms with Crippen LogP contribution in [0.25, 0.3) is 21.8 Å². The molecule has 120 valence electrons. The van der Waals surface area contributed by atoms with Gasteiger partial charge in [0.1, 0.15) is 18.0 Å². The fourth-order valence-electron chi connectivity index (χ4n) is 2.74. The van der Waals surface area contributed by atoms with Crippen molar-refractivity contribution >= 4 is 11.3 Å². The molecule has 0 aliphatic carbocycles. The largest absolute Gasteiger partial charge is 0.331 e. The van der Waals surface area contributed by atoms with Crippen molar-refractivity contribution < 1.29 is 0 Å². The van der Waals surface area contributed by atoms with E-state index in [2.05, 4.69) is 61.4 Å². The summed E-state index contributed by atoms with van der Waals surface area (Å²) < 4.78 is 3.97. The summed E-state index contributed by atoms with van der Waals surface area (Å²) in [5.74, 6) is 1.96. The SMILES string of the molecule is Cn1ncnc1CCn1ccnc1-c1ccc(-c2cccs2)cc1. The molecule has 0 radical (unpaired) electrons. The molecule has 5 nitrogen and oxygen atoms in total. The molecule has 0 aliphatic rings. The first-order valence-corrected chi connectivity index (χ1v) is 8.67. The Hall–Kier alpha value is -2.73. The summed E-state index contributed by atoms with van der Waals surface area (Å²) >= 11 is 1.75. The maximum atomic E-state index is 4.52. The van der Waals surface area contributed by atoms with Gasteiger partial charge in [-0.05, 0) is 17.0 Å². The fraction of sp³-hybridized carbons (Fsp3) is 0.167. The van der Waals surface area contributed by atoms with E-state index < -0.39 is 0 Å².